The van der Waals surface area contributed by atoms with Gasteiger partial charge in [-0.3, -0.25) is 10.00 Å². The fourth-order valence-corrected chi connectivity index (χ4v) is 1.56. The van der Waals surface area contributed by atoms with Crippen LogP contribution in [-0.4, -0.2) is 41.3 Å². The Morgan fingerprint density at radius 2 is 2.23 bits per heavy atom. The van der Waals surface area contributed by atoms with Gasteiger partial charge >= 0.3 is 0 Å². The molecule has 0 spiro atoms. The monoisotopic (exact) mass is 181 g/mol. The van der Waals surface area contributed by atoms with Crippen molar-refractivity contribution >= 4 is 5.82 Å². The van der Waals surface area contributed by atoms with Crippen LogP contribution in [0.3, 0.4) is 0 Å². The van der Waals surface area contributed by atoms with E-state index in [1.165, 1.54) is 0 Å². The van der Waals surface area contributed by atoms with Crippen molar-refractivity contribution in [2.75, 3.05) is 31.9 Å². The molecule has 0 radical (unpaired) electrons. The van der Waals surface area contributed by atoms with E-state index in [0.717, 1.165) is 38.3 Å². The molecule has 0 atom stereocenters. The van der Waals surface area contributed by atoms with E-state index in [4.69, 9.17) is 5.73 Å². The van der Waals surface area contributed by atoms with Crippen molar-refractivity contribution in [2.45, 2.75) is 6.54 Å². The van der Waals surface area contributed by atoms with Gasteiger partial charge in [-0.25, -0.2) is 0 Å². The number of nitrogens with one attached hydrogen (secondary N) is 2. The quantitative estimate of drug-likeness (QED) is 0.569. The van der Waals surface area contributed by atoms with Crippen LogP contribution in [-0.2, 0) is 6.54 Å². The van der Waals surface area contributed by atoms with Crippen LogP contribution in [0.15, 0.2) is 6.20 Å². The zero-order valence-electron chi connectivity index (χ0n) is 7.58. The minimum absolute atomic E-state index is 0.693. The Bertz CT molecular complexity index is 263. The molecule has 0 unspecified atom stereocenters. The molecule has 1 aliphatic rings. The van der Waals surface area contributed by atoms with Crippen LogP contribution < -0.4 is 11.1 Å². The van der Waals surface area contributed by atoms with Gasteiger partial charge in [-0.05, 0) is 0 Å². The lowest BCUT2D eigenvalue weighted by atomic mass is 10.2. The first-order valence-corrected chi connectivity index (χ1v) is 4.57. The summed E-state index contributed by atoms with van der Waals surface area (Å²) in [5.74, 6) is 0.693. The molecule has 0 aromatic carbocycles. The molecule has 4 N–H and O–H groups in total. The fourth-order valence-electron chi connectivity index (χ4n) is 1.56. The maximum atomic E-state index is 5.70. The number of aromatic nitrogens is 2. The summed E-state index contributed by atoms with van der Waals surface area (Å²) >= 11 is 0. The van der Waals surface area contributed by atoms with Gasteiger partial charge in [-0.1, -0.05) is 0 Å². The molecule has 1 fully saturated rings. The summed E-state index contributed by atoms with van der Waals surface area (Å²) in [6.45, 7) is 5.22. The summed E-state index contributed by atoms with van der Waals surface area (Å²) in [7, 11) is 0. The van der Waals surface area contributed by atoms with E-state index in [9.17, 15) is 0 Å². The number of hydrogen-bond acceptors (Lipinski definition) is 4. The molecule has 1 aromatic rings. The minimum atomic E-state index is 0.693. The number of piperazine rings is 1. The minimum Gasteiger partial charge on any atom is -0.384 e. The Hall–Kier alpha value is -1.07. The van der Waals surface area contributed by atoms with E-state index < -0.39 is 0 Å². The first-order chi connectivity index (χ1) is 6.36. The van der Waals surface area contributed by atoms with Gasteiger partial charge in [0.1, 0.15) is 5.82 Å². The highest BCUT2D eigenvalue weighted by atomic mass is 15.2. The van der Waals surface area contributed by atoms with Gasteiger partial charge in [0.25, 0.3) is 0 Å². The van der Waals surface area contributed by atoms with Crippen molar-refractivity contribution in [3.63, 3.8) is 0 Å². The second-order valence-electron chi connectivity index (χ2n) is 3.34. The SMILES string of the molecule is Nc1[nH]ncc1CN1CCNCC1. The van der Waals surface area contributed by atoms with Gasteiger partial charge in [-0.2, -0.15) is 5.10 Å². The molecule has 0 saturated carbocycles. The number of hydrogen-bond donors (Lipinski definition) is 3. The van der Waals surface area contributed by atoms with E-state index in [2.05, 4.69) is 20.4 Å². The third-order valence-corrected chi connectivity index (χ3v) is 2.35. The summed E-state index contributed by atoms with van der Waals surface area (Å²) in [5, 5.41) is 9.95. The summed E-state index contributed by atoms with van der Waals surface area (Å²) in [5.41, 5.74) is 6.80. The smallest absolute Gasteiger partial charge is 0.123 e. The van der Waals surface area contributed by atoms with Crippen molar-refractivity contribution < 1.29 is 0 Å². The summed E-state index contributed by atoms with van der Waals surface area (Å²) in [6, 6.07) is 0. The number of nitrogen functional groups attached to an aromatic ring is 1. The van der Waals surface area contributed by atoms with Crippen LogP contribution in [0.25, 0.3) is 0 Å². The number of anilines is 1. The fraction of sp³-hybridized carbons (Fsp3) is 0.625. The van der Waals surface area contributed by atoms with Crippen molar-refractivity contribution in [2.24, 2.45) is 0 Å². The highest BCUT2D eigenvalue weighted by Crippen LogP contribution is 2.09. The van der Waals surface area contributed by atoms with Crippen LogP contribution in [0.5, 0.6) is 0 Å². The van der Waals surface area contributed by atoms with Crippen LogP contribution in [0, 0.1) is 0 Å². The summed E-state index contributed by atoms with van der Waals surface area (Å²) < 4.78 is 0. The average Bonchev–Trinajstić information content (AvgIpc) is 2.54. The zero-order valence-corrected chi connectivity index (χ0v) is 7.58. The third-order valence-electron chi connectivity index (χ3n) is 2.35. The molecule has 1 saturated heterocycles. The highest BCUT2D eigenvalue weighted by Gasteiger charge is 2.11. The number of aromatic amines is 1. The lowest BCUT2D eigenvalue weighted by molar-refractivity contribution is 0.233. The third kappa shape index (κ3) is 1.99. The van der Waals surface area contributed by atoms with Crippen molar-refractivity contribution in [3.05, 3.63) is 11.8 Å². The van der Waals surface area contributed by atoms with Crippen molar-refractivity contribution in [1.29, 1.82) is 0 Å². The molecule has 0 bridgehead atoms. The van der Waals surface area contributed by atoms with Gasteiger partial charge in [0.15, 0.2) is 0 Å². The molecule has 72 valence electrons. The number of rotatable bonds is 2. The molecule has 1 aromatic heterocycles. The second kappa shape index (κ2) is 3.76. The first kappa shape index (κ1) is 8.52. The maximum absolute atomic E-state index is 5.70. The van der Waals surface area contributed by atoms with Gasteiger partial charge in [-0.15, -0.1) is 0 Å². The van der Waals surface area contributed by atoms with Crippen LogP contribution in [0.2, 0.25) is 0 Å². The predicted molar refractivity (Wildman–Crippen MR) is 51.1 cm³/mol. The van der Waals surface area contributed by atoms with Gasteiger partial charge in [0, 0.05) is 38.3 Å². The van der Waals surface area contributed by atoms with Crippen LogP contribution >= 0.6 is 0 Å². The van der Waals surface area contributed by atoms with Crippen LogP contribution in [0.4, 0.5) is 5.82 Å². The van der Waals surface area contributed by atoms with Crippen molar-refractivity contribution in [3.8, 4) is 0 Å². The lowest BCUT2D eigenvalue weighted by Gasteiger charge is -2.26. The maximum Gasteiger partial charge on any atom is 0.123 e. The topological polar surface area (TPSA) is 70.0 Å². The molecule has 2 rings (SSSR count). The molecule has 13 heavy (non-hydrogen) atoms. The van der Waals surface area contributed by atoms with Gasteiger partial charge in [0.2, 0.25) is 0 Å². The Kier molecular flexibility index (Phi) is 2.47. The number of H-pyrrole nitrogens is 1. The average molecular weight is 181 g/mol. The predicted octanol–water partition coefficient (Wildman–Crippen LogP) is -0.603. The van der Waals surface area contributed by atoms with Crippen molar-refractivity contribution in [1.82, 2.24) is 20.4 Å². The van der Waals surface area contributed by atoms with E-state index in [0.29, 0.717) is 5.82 Å². The molecular formula is C8H15N5. The molecule has 5 heteroatoms. The molecule has 2 heterocycles. The number of nitrogens with zero attached hydrogens (tertiary/aromatic N) is 2. The van der Waals surface area contributed by atoms with E-state index in [-0.39, 0.29) is 0 Å². The second-order valence-corrected chi connectivity index (χ2v) is 3.34. The Morgan fingerprint density at radius 1 is 1.46 bits per heavy atom. The highest BCUT2D eigenvalue weighted by molar-refractivity contribution is 5.36. The van der Waals surface area contributed by atoms with E-state index in [1.807, 2.05) is 0 Å². The normalized spacial score (nSPS) is 19.1. The van der Waals surface area contributed by atoms with Gasteiger partial charge < -0.3 is 11.1 Å². The van der Waals surface area contributed by atoms with Gasteiger partial charge in [0.05, 0.1) is 6.20 Å². The first-order valence-electron chi connectivity index (χ1n) is 4.57. The molecule has 5 nitrogen and oxygen atoms in total. The van der Waals surface area contributed by atoms with E-state index in [1.54, 1.807) is 6.20 Å². The van der Waals surface area contributed by atoms with E-state index >= 15 is 0 Å². The largest absolute Gasteiger partial charge is 0.384 e. The summed E-state index contributed by atoms with van der Waals surface area (Å²) in [4.78, 5) is 2.37. The lowest BCUT2D eigenvalue weighted by Crippen LogP contribution is -2.42. The summed E-state index contributed by atoms with van der Waals surface area (Å²) in [6.07, 6.45) is 1.80. The molecule has 1 aliphatic heterocycles. The molecule has 0 aliphatic carbocycles. The van der Waals surface area contributed by atoms with Crippen LogP contribution in [0.1, 0.15) is 5.56 Å². The standard InChI is InChI=1S/C8H15N5/c9-8-7(5-11-12-8)6-13-3-1-10-2-4-13/h5,10H,1-4,6H2,(H3,9,11,12). The Labute approximate surface area is 77.3 Å². The number of nitrogens with two attached hydrogens (primary N) is 1. The molecular weight excluding hydrogens is 166 g/mol. The zero-order chi connectivity index (χ0) is 9.10. The Morgan fingerprint density at radius 3 is 2.85 bits per heavy atom. The molecule has 0 amide bonds. The Balaban J connectivity index is 1.93.